The highest BCUT2D eigenvalue weighted by Crippen LogP contribution is 2.25. The first kappa shape index (κ1) is 18.9. The summed E-state index contributed by atoms with van der Waals surface area (Å²) < 4.78 is 15.5. The molecule has 7 heteroatoms. The summed E-state index contributed by atoms with van der Waals surface area (Å²) in [5, 5.41) is 0.533. The van der Waals surface area contributed by atoms with Crippen molar-refractivity contribution < 1.29 is 23.5 Å². The van der Waals surface area contributed by atoms with E-state index < -0.39 is 18.2 Å². The maximum Gasteiger partial charge on any atom is 0.351 e. The van der Waals surface area contributed by atoms with Crippen molar-refractivity contribution in [1.29, 1.82) is 0 Å². The van der Waals surface area contributed by atoms with Crippen molar-refractivity contribution in [3.8, 4) is 5.75 Å². The molecule has 2 unspecified atom stereocenters. The predicted molar refractivity (Wildman–Crippen MR) is 98.9 cm³/mol. The first-order valence-corrected chi connectivity index (χ1v) is 9.01. The Labute approximate surface area is 156 Å². The molecule has 7 nitrogen and oxygen atoms in total. The molecule has 0 spiro atoms. The molecule has 2 atom stereocenters. The number of para-hydroxylation sites is 1. The van der Waals surface area contributed by atoms with E-state index in [9.17, 15) is 14.4 Å². The van der Waals surface area contributed by atoms with Gasteiger partial charge in [-0.25, -0.2) is 9.59 Å². The summed E-state index contributed by atoms with van der Waals surface area (Å²) in [4.78, 5) is 38.7. The lowest BCUT2D eigenvalue weighted by Crippen LogP contribution is -2.49. The monoisotopic (exact) mass is 373 g/mol. The minimum Gasteiger partial charge on any atom is -0.493 e. The van der Waals surface area contributed by atoms with E-state index in [2.05, 4.69) is 0 Å². The van der Waals surface area contributed by atoms with Gasteiger partial charge in [0.2, 0.25) is 0 Å². The first-order valence-electron chi connectivity index (χ1n) is 9.01. The summed E-state index contributed by atoms with van der Waals surface area (Å²) in [7, 11) is 1.46. The molecular formula is C20H23NO6. The van der Waals surface area contributed by atoms with Gasteiger partial charge in [-0.2, -0.15) is 0 Å². The molecule has 2 aromatic rings. The van der Waals surface area contributed by atoms with Gasteiger partial charge in [-0.1, -0.05) is 12.1 Å². The van der Waals surface area contributed by atoms with Crippen molar-refractivity contribution in [3.63, 3.8) is 0 Å². The number of methoxy groups -OCH3 is 1. The van der Waals surface area contributed by atoms with Crippen LogP contribution >= 0.6 is 0 Å². The summed E-state index contributed by atoms with van der Waals surface area (Å²) >= 11 is 0. The van der Waals surface area contributed by atoms with E-state index in [0.717, 1.165) is 19.3 Å². The lowest BCUT2D eigenvalue weighted by Gasteiger charge is -2.38. The molecule has 3 rings (SSSR count). The van der Waals surface area contributed by atoms with Gasteiger partial charge in [-0.05, 0) is 45.2 Å². The number of piperidine rings is 1. The minimum absolute atomic E-state index is 0.109. The molecule has 1 aliphatic rings. The van der Waals surface area contributed by atoms with Crippen LogP contribution in [0.5, 0.6) is 5.75 Å². The van der Waals surface area contributed by atoms with Crippen molar-refractivity contribution in [2.75, 3.05) is 13.7 Å². The van der Waals surface area contributed by atoms with Crippen LogP contribution in [0.1, 0.15) is 43.5 Å². The molecule has 144 valence electrons. The number of fused-ring (bicyclic) bond motifs is 1. The molecule has 1 aromatic carbocycles. The quantitative estimate of drug-likeness (QED) is 0.605. The van der Waals surface area contributed by atoms with Crippen LogP contribution in [0.25, 0.3) is 11.0 Å². The topological polar surface area (TPSA) is 86.0 Å². The van der Waals surface area contributed by atoms with Gasteiger partial charge >= 0.3 is 11.6 Å². The third kappa shape index (κ3) is 3.82. The van der Waals surface area contributed by atoms with E-state index >= 15 is 0 Å². The van der Waals surface area contributed by atoms with E-state index in [0.29, 0.717) is 11.1 Å². The molecule has 27 heavy (non-hydrogen) atoms. The highest BCUT2D eigenvalue weighted by Gasteiger charge is 2.29. The number of hydrogen-bond acceptors (Lipinski definition) is 6. The predicted octanol–water partition coefficient (Wildman–Crippen LogP) is 2.75. The maximum absolute atomic E-state index is 12.5. The Morgan fingerprint density at radius 3 is 2.59 bits per heavy atom. The number of nitrogens with zero attached hydrogens (tertiary/aromatic N) is 1. The van der Waals surface area contributed by atoms with Crippen molar-refractivity contribution in [3.05, 3.63) is 40.2 Å². The second-order valence-corrected chi connectivity index (χ2v) is 6.83. The van der Waals surface area contributed by atoms with Gasteiger partial charge in [0.05, 0.1) is 7.11 Å². The molecule has 0 bridgehead atoms. The van der Waals surface area contributed by atoms with Gasteiger partial charge in [0.15, 0.2) is 17.9 Å². The maximum atomic E-state index is 12.5. The summed E-state index contributed by atoms with van der Waals surface area (Å²) in [5.74, 6) is -0.734. The highest BCUT2D eigenvalue weighted by atomic mass is 16.5. The summed E-state index contributed by atoms with van der Waals surface area (Å²) in [6, 6.07) is 6.68. The van der Waals surface area contributed by atoms with Crippen molar-refractivity contribution in [1.82, 2.24) is 4.90 Å². The third-order valence-corrected chi connectivity index (χ3v) is 4.97. The van der Waals surface area contributed by atoms with E-state index in [1.807, 2.05) is 13.8 Å². The van der Waals surface area contributed by atoms with Gasteiger partial charge in [0.25, 0.3) is 5.91 Å². The molecule has 0 aliphatic carbocycles. The molecule has 1 aromatic heterocycles. The number of esters is 1. The van der Waals surface area contributed by atoms with E-state index in [-0.39, 0.29) is 29.1 Å². The summed E-state index contributed by atoms with van der Waals surface area (Å²) in [6.45, 7) is 3.57. The number of hydrogen-bond donors (Lipinski definition) is 0. The summed E-state index contributed by atoms with van der Waals surface area (Å²) in [6.07, 6.45) is 2.94. The first-order chi connectivity index (χ1) is 12.9. The lowest BCUT2D eigenvalue weighted by molar-refractivity contribution is -0.140. The van der Waals surface area contributed by atoms with Crippen LogP contribution in [0.2, 0.25) is 0 Å². The zero-order valence-electron chi connectivity index (χ0n) is 15.7. The Morgan fingerprint density at radius 2 is 1.93 bits per heavy atom. The number of benzene rings is 1. The van der Waals surface area contributed by atoms with Crippen LogP contribution in [0.4, 0.5) is 0 Å². The largest absolute Gasteiger partial charge is 0.493 e. The van der Waals surface area contributed by atoms with Crippen LogP contribution in [0, 0.1) is 0 Å². The zero-order valence-corrected chi connectivity index (χ0v) is 15.7. The average Bonchev–Trinajstić information content (AvgIpc) is 2.65. The van der Waals surface area contributed by atoms with Crippen LogP contribution in [0.3, 0.4) is 0 Å². The fraction of sp³-hybridized carbons (Fsp3) is 0.450. The number of carbonyl (C=O) groups is 2. The Balaban J connectivity index is 1.75. The fourth-order valence-electron chi connectivity index (χ4n) is 3.61. The van der Waals surface area contributed by atoms with Crippen LogP contribution in [0.15, 0.2) is 33.5 Å². The molecular weight excluding hydrogens is 350 g/mol. The van der Waals surface area contributed by atoms with Crippen LogP contribution in [-0.4, -0.2) is 42.6 Å². The van der Waals surface area contributed by atoms with Gasteiger partial charge in [-0.15, -0.1) is 0 Å². The molecule has 1 fully saturated rings. The Kier molecular flexibility index (Phi) is 5.48. The molecule has 0 N–H and O–H groups in total. The smallest absolute Gasteiger partial charge is 0.351 e. The highest BCUT2D eigenvalue weighted by molar-refractivity contribution is 5.95. The van der Waals surface area contributed by atoms with E-state index in [4.69, 9.17) is 13.9 Å². The van der Waals surface area contributed by atoms with Crippen molar-refractivity contribution in [2.24, 2.45) is 0 Å². The molecule has 1 amide bonds. The van der Waals surface area contributed by atoms with Gasteiger partial charge in [-0.3, -0.25) is 4.79 Å². The molecule has 0 saturated carbocycles. The van der Waals surface area contributed by atoms with Gasteiger partial charge < -0.3 is 18.8 Å². The number of carbonyl (C=O) groups excluding carboxylic acids is 2. The van der Waals surface area contributed by atoms with Gasteiger partial charge in [0, 0.05) is 17.5 Å². The second kappa shape index (κ2) is 7.82. The Morgan fingerprint density at radius 1 is 1.22 bits per heavy atom. The van der Waals surface area contributed by atoms with Gasteiger partial charge in [0.1, 0.15) is 5.56 Å². The fourth-order valence-corrected chi connectivity index (χ4v) is 3.61. The number of rotatable bonds is 4. The standard InChI is InChI=1S/C20H23NO6/c1-12-6-4-7-13(2)21(12)17(22)11-26-19(23)15-10-14-8-5-9-16(25-3)18(14)27-20(15)24/h5,8-10,12-13H,4,6-7,11H2,1-3H3. The SMILES string of the molecule is COc1cccc2cc(C(=O)OCC(=O)N3C(C)CCCC3C)c(=O)oc12. The van der Waals surface area contributed by atoms with E-state index in [1.54, 1.807) is 23.1 Å². The zero-order chi connectivity index (χ0) is 19.6. The Bertz CT molecular complexity index is 908. The number of amides is 1. The normalized spacial score (nSPS) is 19.7. The van der Waals surface area contributed by atoms with E-state index in [1.165, 1.54) is 13.2 Å². The van der Waals surface area contributed by atoms with Crippen LogP contribution in [-0.2, 0) is 9.53 Å². The van der Waals surface area contributed by atoms with Crippen LogP contribution < -0.4 is 10.4 Å². The molecule has 0 radical (unpaired) electrons. The lowest BCUT2D eigenvalue weighted by atomic mass is 9.97. The molecule has 2 heterocycles. The third-order valence-electron chi connectivity index (χ3n) is 4.97. The minimum atomic E-state index is -0.876. The Hall–Kier alpha value is -2.83. The van der Waals surface area contributed by atoms with Crippen molar-refractivity contribution >= 4 is 22.8 Å². The molecule has 1 aliphatic heterocycles. The second-order valence-electron chi connectivity index (χ2n) is 6.83. The van der Waals surface area contributed by atoms with Crippen molar-refractivity contribution in [2.45, 2.75) is 45.2 Å². The number of ether oxygens (including phenoxy) is 2. The molecule has 1 saturated heterocycles. The average molecular weight is 373 g/mol. The number of likely N-dealkylation sites (tertiary alicyclic amines) is 1. The summed E-state index contributed by atoms with van der Waals surface area (Å²) in [5.41, 5.74) is -0.818.